The van der Waals surface area contributed by atoms with Gasteiger partial charge in [-0.2, -0.15) is 0 Å². The van der Waals surface area contributed by atoms with Crippen molar-refractivity contribution in [3.8, 4) is 0 Å². The minimum absolute atomic E-state index is 0.00194. The Labute approximate surface area is 130 Å². The molecular weight excluding hydrogens is 274 g/mol. The summed E-state index contributed by atoms with van der Waals surface area (Å²) in [5, 5.41) is 5.27. The first-order valence-electron chi connectivity index (χ1n) is 7.46. The molecule has 0 spiro atoms. The van der Waals surface area contributed by atoms with E-state index in [4.69, 9.17) is 4.42 Å². The molecule has 0 aliphatic rings. The summed E-state index contributed by atoms with van der Waals surface area (Å²) in [5.74, 6) is 1.63. The van der Waals surface area contributed by atoms with Crippen molar-refractivity contribution in [2.75, 3.05) is 0 Å². The minimum atomic E-state index is -0.129. The normalized spacial score (nSPS) is 12.3. The van der Waals surface area contributed by atoms with E-state index >= 15 is 0 Å². The molecule has 0 aliphatic carbocycles. The molecule has 2 aromatic carbocycles. The second-order valence-electron chi connectivity index (χ2n) is 5.55. The van der Waals surface area contributed by atoms with E-state index in [1.165, 1.54) is 0 Å². The third-order valence-electron chi connectivity index (χ3n) is 3.80. The predicted molar refractivity (Wildman–Crippen MR) is 87.7 cm³/mol. The number of hydrogen-bond donors (Lipinski definition) is 1. The van der Waals surface area contributed by atoms with Crippen molar-refractivity contribution in [3.63, 3.8) is 0 Å². The van der Waals surface area contributed by atoms with E-state index in [9.17, 15) is 4.79 Å². The number of nitrogens with one attached hydrogen (secondary N) is 1. The van der Waals surface area contributed by atoms with Crippen LogP contribution in [0.2, 0.25) is 0 Å². The zero-order valence-corrected chi connectivity index (χ0v) is 12.8. The Morgan fingerprint density at radius 3 is 2.64 bits per heavy atom. The van der Waals surface area contributed by atoms with Crippen LogP contribution in [0.3, 0.4) is 0 Å². The molecule has 0 bridgehead atoms. The highest BCUT2D eigenvalue weighted by molar-refractivity contribution is 5.90. The molecule has 1 aromatic heterocycles. The Bertz CT molecular complexity index is 799. The lowest BCUT2D eigenvalue weighted by Gasteiger charge is -2.12. The first kappa shape index (κ1) is 14.4. The van der Waals surface area contributed by atoms with E-state index in [2.05, 4.69) is 23.5 Å². The first-order chi connectivity index (χ1) is 10.6. The lowest BCUT2D eigenvalue weighted by Crippen LogP contribution is -2.27. The van der Waals surface area contributed by atoms with Crippen molar-refractivity contribution in [2.45, 2.75) is 26.3 Å². The van der Waals surface area contributed by atoms with E-state index < -0.39 is 0 Å². The highest BCUT2D eigenvalue weighted by atomic mass is 16.3. The number of fused-ring (bicyclic) bond motifs is 1. The SMILES string of the molecule is Cc1ccc(C(C)NC(=O)Cc2cccc3ccccc23)o1. The maximum atomic E-state index is 12.3. The number of rotatable bonds is 4. The summed E-state index contributed by atoms with van der Waals surface area (Å²) in [4.78, 5) is 12.3. The fourth-order valence-corrected chi connectivity index (χ4v) is 2.67. The summed E-state index contributed by atoms with van der Waals surface area (Å²) in [6, 6.07) is 17.9. The van der Waals surface area contributed by atoms with E-state index in [0.717, 1.165) is 27.9 Å². The molecule has 1 atom stereocenters. The van der Waals surface area contributed by atoms with Gasteiger partial charge in [-0.25, -0.2) is 0 Å². The smallest absolute Gasteiger partial charge is 0.225 e. The monoisotopic (exact) mass is 293 g/mol. The molecular formula is C19H19NO2. The molecule has 3 aromatic rings. The van der Waals surface area contributed by atoms with E-state index in [0.29, 0.717) is 6.42 Å². The number of amides is 1. The maximum absolute atomic E-state index is 12.3. The Kier molecular flexibility index (Phi) is 3.96. The van der Waals surface area contributed by atoms with Crippen LogP contribution in [0.1, 0.15) is 30.0 Å². The molecule has 1 amide bonds. The van der Waals surface area contributed by atoms with E-state index in [1.807, 2.05) is 50.2 Å². The average molecular weight is 293 g/mol. The second-order valence-corrected chi connectivity index (χ2v) is 5.55. The molecule has 1 unspecified atom stereocenters. The summed E-state index contributed by atoms with van der Waals surface area (Å²) in [6.45, 7) is 3.83. The molecule has 0 fully saturated rings. The number of aryl methyl sites for hydroxylation is 1. The van der Waals surface area contributed by atoms with Gasteiger partial charge < -0.3 is 9.73 Å². The Hall–Kier alpha value is -2.55. The van der Waals surface area contributed by atoms with Crippen molar-refractivity contribution in [1.82, 2.24) is 5.32 Å². The van der Waals surface area contributed by atoms with Crippen LogP contribution in [0.25, 0.3) is 10.8 Å². The molecule has 0 radical (unpaired) electrons. The zero-order chi connectivity index (χ0) is 15.5. The van der Waals surface area contributed by atoms with Crippen LogP contribution in [0.5, 0.6) is 0 Å². The van der Waals surface area contributed by atoms with Crippen LogP contribution in [0.4, 0.5) is 0 Å². The van der Waals surface area contributed by atoms with Gasteiger partial charge in [-0.3, -0.25) is 4.79 Å². The topological polar surface area (TPSA) is 42.2 Å². The largest absolute Gasteiger partial charge is 0.464 e. The Balaban J connectivity index is 1.73. The van der Waals surface area contributed by atoms with Crippen LogP contribution >= 0.6 is 0 Å². The third-order valence-corrected chi connectivity index (χ3v) is 3.80. The maximum Gasteiger partial charge on any atom is 0.225 e. The third kappa shape index (κ3) is 3.03. The molecule has 1 heterocycles. The summed E-state index contributed by atoms with van der Waals surface area (Å²) < 4.78 is 5.55. The second kappa shape index (κ2) is 6.06. The van der Waals surface area contributed by atoms with E-state index in [-0.39, 0.29) is 11.9 Å². The van der Waals surface area contributed by atoms with Crippen LogP contribution in [-0.2, 0) is 11.2 Å². The van der Waals surface area contributed by atoms with Gasteiger partial charge in [-0.15, -0.1) is 0 Å². The van der Waals surface area contributed by atoms with Gasteiger partial charge in [0.2, 0.25) is 5.91 Å². The highest BCUT2D eigenvalue weighted by Crippen LogP contribution is 2.20. The Morgan fingerprint density at radius 2 is 1.86 bits per heavy atom. The van der Waals surface area contributed by atoms with Gasteiger partial charge in [-0.05, 0) is 42.3 Å². The standard InChI is InChI=1S/C19H19NO2/c1-13-10-11-18(22-13)14(2)20-19(21)12-16-8-5-7-15-6-3-4-9-17(15)16/h3-11,14H,12H2,1-2H3,(H,20,21). The van der Waals surface area contributed by atoms with Crippen LogP contribution < -0.4 is 5.32 Å². The molecule has 1 N–H and O–H groups in total. The van der Waals surface area contributed by atoms with Gasteiger partial charge in [0.25, 0.3) is 0 Å². The van der Waals surface area contributed by atoms with Crippen LogP contribution in [0, 0.1) is 6.92 Å². The first-order valence-corrected chi connectivity index (χ1v) is 7.46. The van der Waals surface area contributed by atoms with Crippen molar-refractivity contribution in [1.29, 1.82) is 0 Å². The zero-order valence-electron chi connectivity index (χ0n) is 12.8. The van der Waals surface area contributed by atoms with Crippen molar-refractivity contribution in [2.24, 2.45) is 0 Å². The number of hydrogen-bond acceptors (Lipinski definition) is 2. The molecule has 0 aliphatic heterocycles. The number of benzene rings is 2. The number of furan rings is 1. The van der Waals surface area contributed by atoms with E-state index in [1.54, 1.807) is 0 Å². The van der Waals surface area contributed by atoms with Crippen molar-refractivity contribution < 1.29 is 9.21 Å². The lowest BCUT2D eigenvalue weighted by molar-refractivity contribution is -0.121. The van der Waals surface area contributed by atoms with Gasteiger partial charge in [0, 0.05) is 0 Å². The number of carbonyl (C=O) groups excluding carboxylic acids is 1. The fourth-order valence-electron chi connectivity index (χ4n) is 2.67. The predicted octanol–water partition coefficient (Wildman–Crippen LogP) is 4.16. The molecule has 0 saturated heterocycles. The summed E-state index contributed by atoms with van der Waals surface area (Å²) >= 11 is 0. The van der Waals surface area contributed by atoms with Gasteiger partial charge in [-0.1, -0.05) is 42.5 Å². The van der Waals surface area contributed by atoms with Gasteiger partial charge in [0.1, 0.15) is 11.5 Å². The molecule has 3 rings (SSSR count). The molecule has 3 heteroatoms. The van der Waals surface area contributed by atoms with Crippen molar-refractivity contribution in [3.05, 3.63) is 71.7 Å². The molecule has 22 heavy (non-hydrogen) atoms. The van der Waals surface area contributed by atoms with Gasteiger partial charge >= 0.3 is 0 Å². The van der Waals surface area contributed by atoms with Crippen LogP contribution in [-0.4, -0.2) is 5.91 Å². The fraction of sp³-hybridized carbons (Fsp3) is 0.211. The summed E-state index contributed by atoms with van der Waals surface area (Å²) in [7, 11) is 0. The Morgan fingerprint density at radius 1 is 1.09 bits per heavy atom. The summed E-state index contributed by atoms with van der Waals surface area (Å²) in [5.41, 5.74) is 1.04. The summed E-state index contributed by atoms with van der Waals surface area (Å²) in [6.07, 6.45) is 0.366. The lowest BCUT2D eigenvalue weighted by atomic mass is 10.0. The molecule has 0 saturated carbocycles. The molecule has 3 nitrogen and oxygen atoms in total. The number of carbonyl (C=O) groups is 1. The minimum Gasteiger partial charge on any atom is -0.464 e. The van der Waals surface area contributed by atoms with Crippen LogP contribution in [0.15, 0.2) is 59.0 Å². The average Bonchev–Trinajstić information content (AvgIpc) is 2.94. The quantitative estimate of drug-likeness (QED) is 0.784. The highest BCUT2D eigenvalue weighted by Gasteiger charge is 2.13. The molecule has 112 valence electrons. The van der Waals surface area contributed by atoms with Gasteiger partial charge in [0.15, 0.2) is 0 Å². The van der Waals surface area contributed by atoms with Crippen molar-refractivity contribution >= 4 is 16.7 Å². The van der Waals surface area contributed by atoms with Gasteiger partial charge in [0.05, 0.1) is 12.5 Å².